The highest BCUT2D eigenvalue weighted by Crippen LogP contribution is 2.27. The van der Waals surface area contributed by atoms with Gasteiger partial charge in [-0.25, -0.2) is 8.42 Å². The highest BCUT2D eigenvalue weighted by Gasteiger charge is 2.28. The van der Waals surface area contributed by atoms with Gasteiger partial charge in [0.2, 0.25) is 5.91 Å². The van der Waals surface area contributed by atoms with Crippen molar-refractivity contribution >= 4 is 32.4 Å². The number of para-hydroxylation sites is 1. The van der Waals surface area contributed by atoms with Gasteiger partial charge in [-0.1, -0.05) is 66.2 Å². The third-order valence-electron chi connectivity index (χ3n) is 5.69. The van der Waals surface area contributed by atoms with E-state index in [0.717, 1.165) is 26.2 Å². The number of anilines is 1. The Morgan fingerprint density at radius 1 is 0.857 bits per heavy atom. The van der Waals surface area contributed by atoms with Gasteiger partial charge >= 0.3 is 0 Å². The largest absolute Gasteiger partial charge is 0.492 e. The second-order valence-corrected chi connectivity index (χ2v) is 10.2. The minimum Gasteiger partial charge on any atom is -0.492 e. The molecule has 0 aliphatic carbocycles. The minimum absolute atomic E-state index is 0.138. The summed E-state index contributed by atoms with van der Waals surface area (Å²) < 4.78 is 33.9. The number of hydrogen-bond donors (Lipinski definition) is 1. The molecule has 4 aromatic carbocycles. The van der Waals surface area contributed by atoms with Crippen LogP contribution in [0, 0.1) is 13.8 Å². The lowest BCUT2D eigenvalue weighted by Gasteiger charge is -2.25. The number of amides is 1. The second-order valence-electron chi connectivity index (χ2n) is 8.32. The molecule has 4 aromatic rings. The summed E-state index contributed by atoms with van der Waals surface area (Å²) >= 11 is 0. The van der Waals surface area contributed by atoms with Gasteiger partial charge in [-0.05, 0) is 60.5 Å². The lowest BCUT2D eigenvalue weighted by atomic mass is 10.1. The van der Waals surface area contributed by atoms with Crippen molar-refractivity contribution in [1.29, 1.82) is 0 Å². The normalized spacial score (nSPS) is 11.3. The van der Waals surface area contributed by atoms with E-state index < -0.39 is 15.9 Å². The van der Waals surface area contributed by atoms with E-state index in [1.807, 2.05) is 68.4 Å². The first-order chi connectivity index (χ1) is 16.8. The summed E-state index contributed by atoms with van der Waals surface area (Å²) in [7, 11) is -3.94. The molecule has 0 saturated heterocycles. The summed E-state index contributed by atoms with van der Waals surface area (Å²) in [6, 6.07) is 27.5. The molecule has 4 rings (SSSR count). The second kappa shape index (κ2) is 10.6. The quantitative estimate of drug-likeness (QED) is 0.342. The fourth-order valence-electron chi connectivity index (χ4n) is 3.78. The molecule has 0 bridgehead atoms. The molecule has 0 aliphatic rings. The van der Waals surface area contributed by atoms with Crippen LogP contribution in [0.5, 0.6) is 5.75 Å². The first-order valence-electron chi connectivity index (χ1n) is 11.4. The highest BCUT2D eigenvalue weighted by molar-refractivity contribution is 7.92. The fraction of sp³-hybridized carbons (Fsp3) is 0.179. The van der Waals surface area contributed by atoms with Crippen LogP contribution in [0.4, 0.5) is 5.69 Å². The van der Waals surface area contributed by atoms with Crippen LogP contribution in [0.15, 0.2) is 95.9 Å². The number of aryl methyl sites for hydroxylation is 2. The SMILES string of the molecule is Cc1ccc(S(=O)(=O)N(CC(=O)NCCOc2ccc3ccccc3c2)c2ccccc2C)cc1. The van der Waals surface area contributed by atoms with Crippen molar-refractivity contribution in [3.05, 3.63) is 102 Å². The Kier molecular flexibility index (Phi) is 7.36. The summed E-state index contributed by atoms with van der Waals surface area (Å²) in [5, 5.41) is 4.97. The van der Waals surface area contributed by atoms with Crippen molar-refractivity contribution in [2.24, 2.45) is 0 Å². The fourth-order valence-corrected chi connectivity index (χ4v) is 5.27. The first kappa shape index (κ1) is 24.3. The van der Waals surface area contributed by atoms with E-state index in [-0.39, 0.29) is 24.6 Å². The number of nitrogens with one attached hydrogen (secondary N) is 1. The molecule has 35 heavy (non-hydrogen) atoms. The van der Waals surface area contributed by atoms with Gasteiger partial charge in [0.1, 0.15) is 18.9 Å². The van der Waals surface area contributed by atoms with Crippen LogP contribution in [-0.2, 0) is 14.8 Å². The third-order valence-corrected chi connectivity index (χ3v) is 7.47. The van der Waals surface area contributed by atoms with Crippen LogP contribution < -0.4 is 14.4 Å². The molecular weight excluding hydrogens is 460 g/mol. The van der Waals surface area contributed by atoms with Crippen LogP contribution in [0.3, 0.4) is 0 Å². The zero-order valence-electron chi connectivity index (χ0n) is 19.8. The number of hydrogen-bond acceptors (Lipinski definition) is 4. The lowest BCUT2D eigenvalue weighted by molar-refractivity contribution is -0.119. The zero-order chi connectivity index (χ0) is 24.8. The van der Waals surface area contributed by atoms with E-state index >= 15 is 0 Å². The topological polar surface area (TPSA) is 75.7 Å². The number of benzene rings is 4. The monoisotopic (exact) mass is 488 g/mol. The molecule has 180 valence electrons. The number of ether oxygens (including phenoxy) is 1. The molecule has 0 radical (unpaired) electrons. The van der Waals surface area contributed by atoms with Gasteiger partial charge in [0.25, 0.3) is 10.0 Å². The van der Waals surface area contributed by atoms with Gasteiger partial charge in [0, 0.05) is 0 Å². The predicted molar refractivity (Wildman–Crippen MR) is 139 cm³/mol. The molecule has 0 aliphatic heterocycles. The molecule has 0 heterocycles. The Hall–Kier alpha value is -3.84. The maximum absolute atomic E-state index is 13.5. The Morgan fingerprint density at radius 2 is 1.54 bits per heavy atom. The molecule has 0 fully saturated rings. The lowest BCUT2D eigenvalue weighted by Crippen LogP contribution is -2.42. The number of carbonyl (C=O) groups excluding carboxylic acids is 1. The van der Waals surface area contributed by atoms with Crippen molar-refractivity contribution < 1.29 is 17.9 Å². The number of carbonyl (C=O) groups is 1. The molecule has 0 spiro atoms. The maximum atomic E-state index is 13.5. The van der Waals surface area contributed by atoms with E-state index in [2.05, 4.69) is 5.32 Å². The van der Waals surface area contributed by atoms with E-state index in [4.69, 9.17) is 4.74 Å². The van der Waals surface area contributed by atoms with Gasteiger partial charge in [-0.3, -0.25) is 9.10 Å². The Bertz CT molecular complexity index is 1430. The molecule has 7 heteroatoms. The molecule has 0 unspecified atom stereocenters. The minimum atomic E-state index is -3.94. The Labute approximate surface area is 206 Å². The van der Waals surface area contributed by atoms with Gasteiger partial charge in [0.15, 0.2) is 0 Å². The first-order valence-corrected chi connectivity index (χ1v) is 12.8. The Balaban J connectivity index is 1.43. The molecule has 1 amide bonds. The van der Waals surface area contributed by atoms with Gasteiger partial charge in [0.05, 0.1) is 17.1 Å². The average molecular weight is 489 g/mol. The molecule has 0 atom stereocenters. The summed E-state index contributed by atoms with van der Waals surface area (Å²) in [4.78, 5) is 12.9. The molecule has 1 N–H and O–H groups in total. The number of fused-ring (bicyclic) bond motifs is 1. The van der Waals surface area contributed by atoms with Gasteiger partial charge in [-0.2, -0.15) is 0 Å². The standard InChI is InChI=1S/C28H28N2O4S/c1-21-11-15-26(16-12-21)35(32,33)30(27-10-6-3-7-22(27)2)20-28(31)29-17-18-34-25-14-13-23-8-4-5-9-24(23)19-25/h3-16,19H,17-18,20H2,1-2H3,(H,29,31). The van der Waals surface area contributed by atoms with Crippen LogP contribution in [0.2, 0.25) is 0 Å². The van der Waals surface area contributed by atoms with Crippen LogP contribution in [0.25, 0.3) is 10.8 Å². The van der Waals surface area contributed by atoms with Crippen molar-refractivity contribution in [1.82, 2.24) is 5.32 Å². The summed E-state index contributed by atoms with van der Waals surface area (Å²) in [6.45, 7) is 3.89. The van der Waals surface area contributed by atoms with Crippen molar-refractivity contribution in [2.45, 2.75) is 18.7 Å². The van der Waals surface area contributed by atoms with Crippen molar-refractivity contribution in [3.63, 3.8) is 0 Å². The van der Waals surface area contributed by atoms with Gasteiger partial charge in [-0.15, -0.1) is 0 Å². The van der Waals surface area contributed by atoms with Crippen molar-refractivity contribution in [2.75, 3.05) is 24.0 Å². The van der Waals surface area contributed by atoms with E-state index in [0.29, 0.717) is 11.4 Å². The smallest absolute Gasteiger partial charge is 0.264 e. The third kappa shape index (κ3) is 5.81. The van der Waals surface area contributed by atoms with E-state index in [9.17, 15) is 13.2 Å². The Morgan fingerprint density at radius 3 is 2.29 bits per heavy atom. The average Bonchev–Trinajstić information content (AvgIpc) is 2.86. The maximum Gasteiger partial charge on any atom is 0.264 e. The van der Waals surface area contributed by atoms with Crippen LogP contribution in [-0.4, -0.2) is 34.0 Å². The summed E-state index contributed by atoms with van der Waals surface area (Å²) in [5.41, 5.74) is 2.18. The molecule has 6 nitrogen and oxygen atoms in total. The molecular formula is C28H28N2O4S. The van der Waals surface area contributed by atoms with Gasteiger partial charge < -0.3 is 10.1 Å². The van der Waals surface area contributed by atoms with Crippen LogP contribution >= 0.6 is 0 Å². The van der Waals surface area contributed by atoms with E-state index in [1.54, 1.807) is 36.4 Å². The highest BCUT2D eigenvalue weighted by atomic mass is 32.2. The molecule has 0 saturated carbocycles. The predicted octanol–water partition coefficient (Wildman–Crippen LogP) is 4.85. The zero-order valence-corrected chi connectivity index (χ0v) is 20.6. The van der Waals surface area contributed by atoms with Crippen molar-refractivity contribution in [3.8, 4) is 5.75 Å². The number of nitrogens with zero attached hydrogens (tertiary/aromatic N) is 1. The van der Waals surface area contributed by atoms with E-state index in [1.165, 1.54) is 0 Å². The van der Waals surface area contributed by atoms with Crippen LogP contribution in [0.1, 0.15) is 11.1 Å². The number of rotatable bonds is 9. The summed E-state index contributed by atoms with van der Waals surface area (Å²) in [6.07, 6.45) is 0. The number of sulfonamides is 1. The summed E-state index contributed by atoms with van der Waals surface area (Å²) in [5.74, 6) is 0.299. The molecule has 0 aromatic heterocycles.